The summed E-state index contributed by atoms with van der Waals surface area (Å²) in [7, 11) is 1.96. The van der Waals surface area contributed by atoms with Crippen LogP contribution in [0.5, 0.6) is 0 Å². The summed E-state index contributed by atoms with van der Waals surface area (Å²) < 4.78 is 6.18. The number of nitrogens with one attached hydrogen (secondary N) is 5. The van der Waals surface area contributed by atoms with E-state index in [1.54, 1.807) is 0 Å². The van der Waals surface area contributed by atoms with Crippen LogP contribution in [0.25, 0.3) is 0 Å². The van der Waals surface area contributed by atoms with Gasteiger partial charge in [0.25, 0.3) is 0 Å². The SMILES string of the molecule is CC[C@@H](CCN(C)C[C@H]1O[C@@H](N2CNC3C(N)NCNC32)[C@H](O)[C@@H]1O)NC(=O)Nc1ccc(C(C)(C)C)cc1. The molecule has 12 heteroatoms. The average Bonchev–Trinajstić information content (AvgIpc) is 3.43. The summed E-state index contributed by atoms with van der Waals surface area (Å²) >= 11 is 0. The van der Waals surface area contributed by atoms with E-state index in [4.69, 9.17) is 10.5 Å². The molecule has 4 rings (SSSR count). The van der Waals surface area contributed by atoms with Crippen LogP contribution in [0.4, 0.5) is 10.5 Å². The minimum Gasteiger partial charge on any atom is -0.387 e. The predicted octanol–water partition coefficient (Wildman–Crippen LogP) is -0.355. The van der Waals surface area contributed by atoms with Gasteiger partial charge in [0.1, 0.15) is 24.5 Å². The molecule has 1 aromatic carbocycles. The van der Waals surface area contributed by atoms with Crippen molar-refractivity contribution < 1.29 is 19.7 Å². The lowest BCUT2D eigenvalue weighted by atomic mass is 9.87. The van der Waals surface area contributed by atoms with E-state index in [0.717, 1.165) is 18.5 Å². The van der Waals surface area contributed by atoms with E-state index in [9.17, 15) is 15.0 Å². The molecule has 2 amide bonds. The second-order valence-electron chi connectivity index (χ2n) is 12.1. The number of benzene rings is 1. The largest absolute Gasteiger partial charge is 0.387 e. The number of hydrogen-bond donors (Lipinski definition) is 8. The molecule has 3 unspecified atom stereocenters. The number of fused-ring (bicyclic) bond motifs is 1. The second kappa shape index (κ2) is 12.8. The van der Waals surface area contributed by atoms with Crippen LogP contribution >= 0.6 is 0 Å². The maximum Gasteiger partial charge on any atom is 0.319 e. The molecule has 3 aliphatic rings. The smallest absolute Gasteiger partial charge is 0.319 e. The third-order valence-corrected chi connectivity index (χ3v) is 8.09. The highest BCUT2D eigenvalue weighted by Crippen LogP contribution is 2.29. The van der Waals surface area contributed by atoms with Gasteiger partial charge in [-0.05, 0) is 49.5 Å². The Labute approximate surface area is 232 Å². The van der Waals surface area contributed by atoms with Crippen molar-refractivity contribution in [1.29, 1.82) is 0 Å². The van der Waals surface area contributed by atoms with Crippen LogP contribution in [0, 0.1) is 0 Å². The number of amides is 2. The molecule has 3 fully saturated rings. The first-order chi connectivity index (χ1) is 18.5. The number of anilines is 1. The Hall–Kier alpha value is -1.87. The summed E-state index contributed by atoms with van der Waals surface area (Å²) in [6, 6.07) is 7.69. The van der Waals surface area contributed by atoms with E-state index < -0.39 is 24.5 Å². The van der Waals surface area contributed by atoms with E-state index in [2.05, 4.69) is 52.3 Å². The zero-order valence-electron chi connectivity index (χ0n) is 23.9. The minimum atomic E-state index is -1.02. The molecule has 39 heavy (non-hydrogen) atoms. The molecule has 0 saturated carbocycles. The van der Waals surface area contributed by atoms with Crippen molar-refractivity contribution in [2.45, 2.75) is 94.9 Å². The van der Waals surface area contributed by atoms with Crippen molar-refractivity contribution in [3.05, 3.63) is 29.8 Å². The molecule has 0 spiro atoms. The van der Waals surface area contributed by atoms with Crippen molar-refractivity contribution >= 4 is 11.7 Å². The van der Waals surface area contributed by atoms with E-state index in [0.29, 0.717) is 26.4 Å². The van der Waals surface area contributed by atoms with Crippen LogP contribution in [-0.4, -0.2) is 108 Å². The average molecular weight is 549 g/mol. The van der Waals surface area contributed by atoms with Crippen LogP contribution in [0.1, 0.15) is 46.1 Å². The molecule has 12 nitrogen and oxygen atoms in total. The fraction of sp³-hybridized carbons (Fsp3) is 0.741. The molecule has 3 saturated heterocycles. The van der Waals surface area contributed by atoms with Gasteiger partial charge in [0, 0.05) is 24.9 Å². The first-order valence-electron chi connectivity index (χ1n) is 14.1. The van der Waals surface area contributed by atoms with Gasteiger partial charge in [-0.3, -0.25) is 16.0 Å². The monoisotopic (exact) mass is 548 g/mol. The van der Waals surface area contributed by atoms with E-state index in [1.807, 2.05) is 43.1 Å². The number of aliphatic hydroxyl groups excluding tert-OH is 2. The number of urea groups is 1. The predicted molar refractivity (Wildman–Crippen MR) is 151 cm³/mol. The summed E-state index contributed by atoms with van der Waals surface area (Å²) in [5.74, 6) is 0. The Kier molecular flexibility index (Phi) is 9.84. The molecule has 3 aliphatic heterocycles. The van der Waals surface area contributed by atoms with E-state index in [-0.39, 0.29) is 35.9 Å². The van der Waals surface area contributed by atoms with Crippen molar-refractivity contribution in [2.75, 3.05) is 38.8 Å². The van der Waals surface area contributed by atoms with Crippen molar-refractivity contribution in [2.24, 2.45) is 5.73 Å². The third-order valence-electron chi connectivity index (χ3n) is 8.09. The minimum absolute atomic E-state index is 0.00291. The Balaban J connectivity index is 1.22. The van der Waals surface area contributed by atoms with Crippen molar-refractivity contribution in [1.82, 2.24) is 31.1 Å². The number of rotatable bonds is 9. The Morgan fingerprint density at radius 1 is 1.21 bits per heavy atom. The van der Waals surface area contributed by atoms with Gasteiger partial charge in [0.2, 0.25) is 0 Å². The highest BCUT2D eigenvalue weighted by Gasteiger charge is 2.51. The number of ether oxygens (including phenoxy) is 1. The van der Waals surface area contributed by atoms with Crippen molar-refractivity contribution in [3.63, 3.8) is 0 Å². The lowest BCUT2D eigenvalue weighted by molar-refractivity contribution is -0.106. The third kappa shape index (κ3) is 7.26. The molecule has 0 radical (unpaired) electrons. The Bertz CT molecular complexity index is 945. The number of likely N-dealkylation sites (N-methyl/N-ethyl adjacent to an activating group) is 1. The molecule has 8 atom stereocenters. The van der Waals surface area contributed by atoms with Gasteiger partial charge < -0.3 is 36.2 Å². The van der Waals surface area contributed by atoms with Crippen LogP contribution in [0.15, 0.2) is 24.3 Å². The molecule has 1 aromatic rings. The van der Waals surface area contributed by atoms with Crippen LogP contribution in [0.3, 0.4) is 0 Å². The highest BCUT2D eigenvalue weighted by atomic mass is 16.6. The summed E-state index contributed by atoms with van der Waals surface area (Å²) in [6.45, 7) is 10.7. The number of nitrogens with two attached hydrogens (primary N) is 1. The number of carbonyl (C=O) groups is 1. The summed E-state index contributed by atoms with van der Waals surface area (Å²) in [5, 5.41) is 37.4. The quantitative estimate of drug-likeness (QED) is 0.205. The fourth-order valence-corrected chi connectivity index (χ4v) is 5.56. The number of carbonyl (C=O) groups excluding carboxylic acids is 1. The fourth-order valence-electron chi connectivity index (χ4n) is 5.56. The van der Waals surface area contributed by atoms with E-state index in [1.165, 1.54) is 5.56 Å². The van der Waals surface area contributed by atoms with Crippen molar-refractivity contribution in [3.8, 4) is 0 Å². The first kappa shape index (κ1) is 30.1. The Morgan fingerprint density at radius 2 is 1.92 bits per heavy atom. The van der Waals surface area contributed by atoms with Gasteiger partial charge in [0.15, 0.2) is 0 Å². The molecule has 9 N–H and O–H groups in total. The van der Waals surface area contributed by atoms with Gasteiger partial charge in [-0.15, -0.1) is 0 Å². The number of nitrogens with zero attached hydrogens (tertiary/aromatic N) is 2. The van der Waals surface area contributed by atoms with Crippen LogP contribution in [0.2, 0.25) is 0 Å². The zero-order valence-corrected chi connectivity index (χ0v) is 23.9. The second-order valence-corrected chi connectivity index (χ2v) is 12.1. The topological polar surface area (TPSA) is 159 Å². The van der Waals surface area contributed by atoms with Crippen LogP contribution in [-0.2, 0) is 10.2 Å². The van der Waals surface area contributed by atoms with E-state index >= 15 is 0 Å². The highest BCUT2D eigenvalue weighted by molar-refractivity contribution is 5.89. The van der Waals surface area contributed by atoms with Gasteiger partial charge >= 0.3 is 6.03 Å². The normalized spacial score (nSPS) is 32.3. The number of hydrogen-bond acceptors (Lipinski definition) is 10. The maximum atomic E-state index is 12.6. The van der Waals surface area contributed by atoms with Crippen LogP contribution < -0.4 is 32.3 Å². The van der Waals surface area contributed by atoms with Gasteiger partial charge in [-0.25, -0.2) is 9.69 Å². The maximum absolute atomic E-state index is 12.6. The molecule has 3 heterocycles. The molecular weight excluding hydrogens is 500 g/mol. The standard InChI is InChI=1S/C27H48N8O4/c1-6-17(32-26(38)33-18-9-7-16(8-10-18)27(2,3)4)11-12-34(5)13-19-21(36)22(37)25(39-19)35-15-31-20-23(28)29-14-30-24(20)35/h7-10,17,19-25,29-31,36-37H,6,11-15,28H2,1-5H3,(H2,32,33,38)/t17-,19+,20?,21+,22+,23?,24?,25+/m0/s1. The first-order valence-corrected chi connectivity index (χ1v) is 14.1. The summed E-state index contributed by atoms with van der Waals surface area (Å²) in [6.07, 6.45) is -1.95. The lowest BCUT2D eigenvalue weighted by Crippen LogP contribution is -2.68. The number of aliphatic hydroxyl groups is 2. The molecular formula is C27H48N8O4. The summed E-state index contributed by atoms with van der Waals surface area (Å²) in [5.41, 5.74) is 8.20. The molecule has 0 aromatic heterocycles. The molecule has 220 valence electrons. The molecule has 0 aliphatic carbocycles. The lowest BCUT2D eigenvalue weighted by Gasteiger charge is -2.38. The van der Waals surface area contributed by atoms with Gasteiger partial charge in [-0.1, -0.05) is 39.8 Å². The van der Waals surface area contributed by atoms with Gasteiger partial charge in [-0.2, -0.15) is 0 Å². The zero-order chi connectivity index (χ0) is 28.3. The Morgan fingerprint density at radius 3 is 2.59 bits per heavy atom. The summed E-state index contributed by atoms with van der Waals surface area (Å²) in [4.78, 5) is 16.7. The molecule has 0 bridgehead atoms. The van der Waals surface area contributed by atoms with Gasteiger partial charge in [0.05, 0.1) is 25.0 Å².